The zero-order valence-corrected chi connectivity index (χ0v) is 52.4. The van der Waals surface area contributed by atoms with Crippen LogP contribution in [0.5, 0.6) is 0 Å². The van der Waals surface area contributed by atoms with Crippen LogP contribution in [0, 0.1) is 0 Å². The normalized spacial score (nSPS) is 11.6. The Labute approximate surface area is 550 Å². The standard InChI is InChI=1S/C46H28N2S.C42H26N2S/c1-2-12-29(13-3-1)43-45-44(40-22-8-9-23-42(40)49-45)48-46(47-43)34-17-11-16-32(27-34)30-14-10-15-31(26-30)33-24-25-39-37-20-5-4-18-35(37)36-19-6-7-21-38(36)41(39)28-33;1-2-11-28(12-3-1)39-41-40(37-18-6-7-19-38(37)45-41)44-42(43-39)34-16-9-15-31(26-34)29-13-8-14-30(24-29)32-22-23-36-33(25-32)21-20-27-10-4-5-17-35(27)36/h1-28H;1-26H. The summed E-state index contributed by atoms with van der Waals surface area (Å²) in [7, 11) is 0. The fourth-order valence-corrected chi connectivity index (χ4v) is 16.0. The van der Waals surface area contributed by atoms with Gasteiger partial charge in [-0.15, -0.1) is 22.7 Å². The SMILES string of the molecule is c1ccc(-c2nc(-c3cccc(-c4cccc(-c5ccc6c(ccc7ccccc76)c5)c4)c3)nc3c2sc2ccccc23)cc1.c1ccc(-c2nc(-c3cccc(-c4cccc(-c5ccc6c7ccccc7c7ccccc7c6c5)c4)c3)nc3c2sc2ccccc23)cc1. The Hall–Kier alpha value is -11.8. The molecule has 0 radical (unpaired) electrons. The summed E-state index contributed by atoms with van der Waals surface area (Å²) >= 11 is 3.53. The first-order valence-electron chi connectivity index (χ1n) is 31.7. The Morgan fingerprint density at radius 2 is 0.500 bits per heavy atom. The van der Waals surface area contributed by atoms with Crippen LogP contribution in [-0.2, 0) is 0 Å². The summed E-state index contributed by atoms with van der Waals surface area (Å²) in [6.45, 7) is 0. The molecule has 0 fully saturated rings. The van der Waals surface area contributed by atoms with Gasteiger partial charge in [0.1, 0.15) is 0 Å². The topological polar surface area (TPSA) is 51.6 Å². The minimum Gasteiger partial charge on any atom is -0.226 e. The van der Waals surface area contributed by atoms with E-state index in [1.165, 1.54) is 102 Å². The van der Waals surface area contributed by atoms with Gasteiger partial charge >= 0.3 is 0 Å². The molecule has 0 unspecified atom stereocenters. The molecule has 0 aliphatic rings. The maximum absolute atomic E-state index is 5.21. The maximum Gasteiger partial charge on any atom is 0.160 e. The molecule has 0 bridgehead atoms. The van der Waals surface area contributed by atoms with E-state index in [9.17, 15) is 0 Å². The van der Waals surface area contributed by atoms with Gasteiger partial charge in [-0.3, -0.25) is 0 Å². The number of hydrogen-bond donors (Lipinski definition) is 0. The van der Waals surface area contributed by atoms with Crippen molar-refractivity contribution in [2.45, 2.75) is 0 Å². The summed E-state index contributed by atoms with van der Waals surface area (Å²) in [6.07, 6.45) is 0. The van der Waals surface area contributed by atoms with Crippen LogP contribution in [0.25, 0.3) is 184 Å². The molecule has 4 aromatic heterocycles. The van der Waals surface area contributed by atoms with E-state index in [0.717, 1.165) is 82.4 Å². The van der Waals surface area contributed by atoms with E-state index < -0.39 is 0 Å². The molecule has 19 aromatic rings. The lowest BCUT2D eigenvalue weighted by Crippen LogP contribution is -1.94. The van der Waals surface area contributed by atoms with Crippen LogP contribution in [0.1, 0.15) is 0 Å². The minimum atomic E-state index is 0.738. The fraction of sp³-hybridized carbons (Fsp3) is 0. The van der Waals surface area contributed by atoms with Crippen molar-refractivity contribution < 1.29 is 0 Å². The summed E-state index contributed by atoms with van der Waals surface area (Å²) in [5.74, 6) is 1.48. The van der Waals surface area contributed by atoms with E-state index in [-0.39, 0.29) is 0 Å². The monoisotopic (exact) mass is 1230 g/mol. The summed E-state index contributed by atoms with van der Waals surface area (Å²) < 4.78 is 4.69. The van der Waals surface area contributed by atoms with E-state index in [2.05, 4.69) is 315 Å². The average Bonchev–Trinajstić information content (AvgIpc) is 1.11. The number of thiophene rings is 2. The number of nitrogens with zero attached hydrogens (tertiary/aromatic N) is 4. The van der Waals surface area contributed by atoms with Crippen LogP contribution in [-0.4, -0.2) is 19.9 Å². The van der Waals surface area contributed by atoms with Crippen molar-refractivity contribution in [1.29, 1.82) is 0 Å². The van der Waals surface area contributed by atoms with Crippen molar-refractivity contribution >= 4 is 117 Å². The van der Waals surface area contributed by atoms with E-state index in [1.54, 1.807) is 22.7 Å². The number of benzene rings is 15. The largest absolute Gasteiger partial charge is 0.226 e. The molecule has 4 heterocycles. The lowest BCUT2D eigenvalue weighted by molar-refractivity contribution is 1.24. The highest BCUT2D eigenvalue weighted by Gasteiger charge is 2.20. The van der Waals surface area contributed by atoms with Crippen LogP contribution in [0.2, 0.25) is 0 Å². The molecule has 0 N–H and O–H groups in total. The predicted octanol–water partition coefficient (Wildman–Crippen LogP) is 24.8. The molecule has 15 aromatic carbocycles. The molecule has 0 atom stereocenters. The Morgan fingerprint density at radius 3 is 0.979 bits per heavy atom. The highest BCUT2D eigenvalue weighted by atomic mass is 32.1. The minimum absolute atomic E-state index is 0.738. The number of fused-ring (bicyclic) bond motifs is 15. The molecule has 0 aliphatic carbocycles. The van der Waals surface area contributed by atoms with Crippen molar-refractivity contribution in [3.05, 3.63) is 328 Å². The third-order valence-electron chi connectivity index (χ3n) is 18.3. The first kappa shape index (κ1) is 55.1. The van der Waals surface area contributed by atoms with Crippen LogP contribution in [0.4, 0.5) is 0 Å². The van der Waals surface area contributed by atoms with Crippen LogP contribution >= 0.6 is 22.7 Å². The van der Waals surface area contributed by atoms with E-state index >= 15 is 0 Å². The second kappa shape index (κ2) is 23.2. The zero-order valence-electron chi connectivity index (χ0n) is 50.8. The summed E-state index contributed by atoms with van der Waals surface area (Å²) in [6, 6.07) is 117. The molecular formula is C88H54N4S2. The Bertz CT molecular complexity index is 6150. The van der Waals surface area contributed by atoms with E-state index in [0.29, 0.717) is 0 Å². The first-order chi connectivity index (χ1) is 46.6. The Balaban J connectivity index is 0.000000138. The molecule has 19 rings (SSSR count). The third kappa shape index (κ3) is 9.83. The number of aromatic nitrogens is 4. The van der Waals surface area contributed by atoms with Crippen LogP contribution in [0.3, 0.4) is 0 Å². The van der Waals surface area contributed by atoms with E-state index in [1.807, 2.05) is 12.1 Å². The van der Waals surface area contributed by atoms with Gasteiger partial charge in [-0.05, 0) is 147 Å². The number of hydrogen-bond acceptors (Lipinski definition) is 6. The predicted molar refractivity (Wildman–Crippen MR) is 401 cm³/mol. The first-order valence-corrected chi connectivity index (χ1v) is 33.4. The van der Waals surface area contributed by atoms with Crippen molar-refractivity contribution in [1.82, 2.24) is 19.9 Å². The Kier molecular flexibility index (Phi) is 13.6. The summed E-state index contributed by atoms with van der Waals surface area (Å²) in [5.41, 5.74) is 17.6. The molecule has 0 saturated carbocycles. The third-order valence-corrected chi connectivity index (χ3v) is 20.7. The molecule has 438 valence electrons. The maximum atomic E-state index is 5.21. The molecule has 4 nitrogen and oxygen atoms in total. The van der Waals surface area contributed by atoms with Crippen molar-refractivity contribution in [2.75, 3.05) is 0 Å². The van der Waals surface area contributed by atoms with Crippen molar-refractivity contribution in [2.24, 2.45) is 0 Å². The smallest absolute Gasteiger partial charge is 0.160 e. The van der Waals surface area contributed by atoms with Gasteiger partial charge in [-0.25, -0.2) is 19.9 Å². The highest BCUT2D eigenvalue weighted by Crippen LogP contribution is 2.44. The summed E-state index contributed by atoms with van der Waals surface area (Å²) in [4.78, 5) is 20.8. The quantitative estimate of drug-likeness (QED) is 0.142. The van der Waals surface area contributed by atoms with Gasteiger partial charge in [0.05, 0.1) is 31.8 Å². The average molecular weight is 1230 g/mol. The fourth-order valence-electron chi connectivity index (χ4n) is 13.7. The second-order valence-electron chi connectivity index (χ2n) is 24.0. The van der Waals surface area contributed by atoms with Crippen molar-refractivity contribution in [3.8, 4) is 89.8 Å². The van der Waals surface area contributed by atoms with Gasteiger partial charge in [0.25, 0.3) is 0 Å². The molecule has 94 heavy (non-hydrogen) atoms. The van der Waals surface area contributed by atoms with Gasteiger partial charge in [0, 0.05) is 42.4 Å². The van der Waals surface area contributed by atoms with Crippen molar-refractivity contribution in [3.63, 3.8) is 0 Å². The van der Waals surface area contributed by atoms with Gasteiger partial charge in [-0.1, -0.05) is 279 Å². The summed E-state index contributed by atoms with van der Waals surface area (Å²) in [5, 5.41) is 15.2. The Morgan fingerprint density at radius 1 is 0.181 bits per heavy atom. The molecule has 0 spiro atoms. The highest BCUT2D eigenvalue weighted by molar-refractivity contribution is 7.26. The van der Waals surface area contributed by atoms with Crippen LogP contribution in [0.15, 0.2) is 328 Å². The zero-order chi connectivity index (χ0) is 62.1. The molecule has 0 saturated heterocycles. The molecule has 6 heteroatoms. The molecular weight excluding hydrogens is 1180 g/mol. The van der Waals surface area contributed by atoms with Gasteiger partial charge in [-0.2, -0.15) is 0 Å². The van der Waals surface area contributed by atoms with Gasteiger partial charge in [0.15, 0.2) is 11.6 Å². The molecule has 0 aliphatic heterocycles. The van der Waals surface area contributed by atoms with Gasteiger partial charge < -0.3 is 0 Å². The van der Waals surface area contributed by atoms with Gasteiger partial charge in [0.2, 0.25) is 0 Å². The lowest BCUT2D eigenvalue weighted by Gasteiger charge is -2.13. The van der Waals surface area contributed by atoms with E-state index in [4.69, 9.17) is 19.9 Å². The van der Waals surface area contributed by atoms with Crippen LogP contribution < -0.4 is 0 Å². The molecule has 0 amide bonds. The number of rotatable bonds is 8. The lowest BCUT2D eigenvalue weighted by atomic mass is 9.91. The second-order valence-corrected chi connectivity index (χ2v) is 26.1.